The van der Waals surface area contributed by atoms with E-state index in [1.54, 1.807) is 6.92 Å². The number of aromatic nitrogens is 2. The number of rotatable bonds is 5. The molecule has 2 aromatic carbocycles. The quantitative estimate of drug-likeness (QED) is 0.562. The summed E-state index contributed by atoms with van der Waals surface area (Å²) in [6, 6.07) is 9.37. The largest absolute Gasteiger partial charge is 0.416 e. The summed E-state index contributed by atoms with van der Waals surface area (Å²) in [4.78, 5) is 25.9. The maximum Gasteiger partial charge on any atom is 0.416 e. The summed E-state index contributed by atoms with van der Waals surface area (Å²) in [5.41, 5.74) is -3.15. The molecular weight excluding hydrogens is 442 g/mol. The number of nitrogens with zero attached hydrogens (tertiary/aromatic N) is 2. The molecule has 0 saturated carbocycles. The molecule has 0 aliphatic rings. The maximum absolute atomic E-state index is 13.8. The van der Waals surface area contributed by atoms with Crippen molar-refractivity contribution in [3.05, 3.63) is 81.9 Å². The second-order valence-electron chi connectivity index (χ2n) is 8.06. The molecule has 0 saturated heterocycles. The van der Waals surface area contributed by atoms with Gasteiger partial charge in [-0.25, -0.2) is 4.39 Å². The van der Waals surface area contributed by atoms with Crippen molar-refractivity contribution in [3.8, 4) is 16.9 Å². The van der Waals surface area contributed by atoms with E-state index in [0.717, 1.165) is 47.1 Å². The first-order valence-corrected chi connectivity index (χ1v) is 9.88. The van der Waals surface area contributed by atoms with Gasteiger partial charge in [-0.15, -0.1) is 0 Å². The van der Waals surface area contributed by atoms with Crippen LogP contribution in [-0.2, 0) is 6.18 Å². The normalized spacial score (nSPS) is 13.0. The lowest BCUT2D eigenvalue weighted by atomic mass is 10.0. The molecule has 2 N–H and O–H groups in total. The number of hydrogen-bond donors (Lipinski definition) is 2. The number of carbonyl (C=O) groups excluding carboxylic acids is 1. The molecule has 0 bridgehead atoms. The number of benzene rings is 2. The van der Waals surface area contributed by atoms with Crippen LogP contribution in [0.1, 0.15) is 36.7 Å². The second-order valence-corrected chi connectivity index (χ2v) is 8.06. The topological polar surface area (TPSA) is 84.2 Å². The number of halogens is 4. The van der Waals surface area contributed by atoms with Crippen molar-refractivity contribution >= 4 is 5.91 Å². The number of alkyl halides is 3. The average Bonchev–Trinajstić information content (AvgIpc) is 2.72. The fraction of sp³-hybridized carbons (Fsp3) is 0.261. The predicted octanol–water partition coefficient (Wildman–Crippen LogP) is 3.95. The van der Waals surface area contributed by atoms with Gasteiger partial charge in [0.25, 0.3) is 11.5 Å². The van der Waals surface area contributed by atoms with Gasteiger partial charge in [-0.1, -0.05) is 18.2 Å². The fourth-order valence-electron chi connectivity index (χ4n) is 2.86. The van der Waals surface area contributed by atoms with E-state index in [1.807, 2.05) is 0 Å². The molecule has 0 aliphatic carbocycles. The van der Waals surface area contributed by atoms with Crippen molar-refractivity contribution in [1.82, 2.24) is 15.1 Å². The molecule has 10 heteroatoms. The van der Waals surface area contributed by atoms with E-state index < -0.39 is 40.7 Å². The average molecular weight is 463 g/mol. The first-order valence-electron chi connectivity index (χ1n) is 9.88. The first kappa shape index (κ1) is 24.1. The molecule has 0 radical (unpaired) electrons. The predicted molar refractivity (Wildman–Crippen MR) is 113 cm³/mol. The van der Waals surface area contributed by atoms with Gasteiger partial charge >= 0.3 is 6.18 Å². The van der Waals surface area contributed by atoms with E-state index in [4.69, 9.17) is 0 Å². The Bertz CT molecular complexity index is 1230. The molecule has 0 aliphatic heterocycles. The minimum absolute atomic E-state index is 0.0219. The summed E-state index contributed by atoms with van der Waals surface area (Å²) in [6.07, 6.45) is -4.54. The zero-order chi connectivity index (χ0) is 24.6. The van der Waals surface area contributed by atoms with Crippen LogP contribution in [0.25, 0.3) is 16.9 Å². The van der Waals surface area contributed by atoms with E-state index in [0.29, 0.717) is 0 Å². The van der Waals surface area contributed by atoms with E-state index in [-0.39, 0.29) is 22.5 Å². The monoisotopic (exact) mass is 463 g/mol. The highest BCUT2D eigenvalue weighted by Crippen LogP contribution is 2.30. The lowest BCUT2D eigenvalue weighted by molar-refractivity contribution is -0.137. The van der Waals surface area contributed by atoms with Crippen LogP contribution in [0.4, 0.5) is 17.6 Å². The van der Waals surface area contributed by atoms with Crippen molar-refractivity contribution in [1.29, 1.82) is 0 Å². The molecule has 3 rings (SSSR count). The van der Waals surface area contributed by atoms with Crippen molar-refractivity contribution < 1.29 is 27.5 Å². The molecule has 1 aromatic heterocycles. The first-order chi connectivity index (χ1) is 15.3. The molecule has 1 unspecified atom stereocenters. The molecule has 0 fully saturated rings. The van der Waals surface area contributed by atoms with E-state index in [9.17, 15) is 32.3 Å². The molecule has 3 aromatic rings. The molecular formula is C23H21F4N3O3. The van der Waals surface area contributed by atoms with Crippen LogP contribution in [0.2, 0.25) is 0 Å². The Labute approximate surface area is 186 Å². The van der Waals surface area contributed by atoms with Crippen LogP contribution in [0.3, 0.4) is 0 Å². The summed E-state index contributed by atoms with van der Waals surface area (Å²) in [5.74, 6) is -1.47. The Morgan fingerprint density at radius 1 is 1.09 bits per heavy atom. The van der Waals surface area contributed by atoms with Crippen LogP contribution < -0.4 is 10.9 Å². The van der Waals surface area contributed by atoms with Gasteiger partial charge in [0.15, 0.2) is 0 Å². The standard InChI is InChI=1S/C23H21F4N3O3/c1-13(22(2,3)33)28-20(31)18-12-19(14-7-9-15(10-8-14)23(25,26)27)29-30(21(18)32)17-6-4-5-16(24)11-17/h4-13,33H,1-3H3,(H,28,31). The number of amides is 1. The lowest BCUT2D eigenvalue weighted by Gasteiger charge is -2.26. The van der Waals surface area contributed by atoms with Crippen molar-refractivity contribution in [2.24, 2.45) is 0 Å². The van der Waals surface area contributed by atoms with Crippen molar-refractivity contribution in [2.75, 3.05) is 0 Å². The molecule has 1 heterocycles. The summed E-state index contributed by atoms with van der Waals surface area (Å²) in [7, 11) is 0. The molecule has 174 valence electrons. The highest BCUT2D eigenvalue weighted by atomic mass is 19.4. The Kier molecular flexibility index (Phi) is 6.42. The van der Waals surface area contributed by atoms with Gasteiger partial charge < -0.3 is 10.4 Å². The second kappa shape index (κ2) is 8.78. The van der Waals surface area contributed by atoms with Crippen LogP contribution in [0.5, 0.6) is 0 Å². The van der Waals surface area contributed by atoms with Crippen molar-refractivity contribution in [3.63, 3.8) is 0 Å². The number of aliphatic hydroxyl groups is 1. The van der Waals surface area contributed by atoms with Crippen LogP contribution in [0, 0.1) is 5.82 Å². The minimum Gasteiger partial charge on any atom is -0.388 e. The van der Waals surface area contributed by atoms with Gasteiger partial charge in [-0.05, 0) is 57.2 Å². The van der Waals surface area contributed by atoms with E-state index in [2.05, 4.69) is 10.4 Å². The van der Waals surface area contributed by atoms with Gasteiger partial charge in [0, 0.05) is 5.56 Å². The van der Waals surface area contributed by atoms with Gasteiger partial charge in [0.05, 0.1) is 28.6 Å². The zero-order valence-corrected chi connectivity index (χ0v) is 17.9. The third-order valence-corrected chi connectivity index (χ3v) is 5.12. The highest BCUT2D eigenvalue weighted by Gasteiger charge is 2.30. The lowest BCUT2D eigenvalue weighted by Crippen LogP contribution is -2.48. The molecule has 6 nitrogen and oxygen atoms in total. The Morgan fingerprint density at radius 2 is 1.73 bits per heavy atom. The van der Waals surface area contributed by atoms with Gasteiger partial charge in [0.1, 0.15) is 11.4 Å². The summed E-state index contributed by atoms with van der Waals surface area (Å²) in [6.45, 7) is 4.49. The summed E-state index contributed by atoms with van der Waals surface area (Å²) in [5, 5.41) is 16.8. The maximum atomic E-state index is 13.8. The SMILES string of the molecule is CC(NC(=O)c1cc(-c2ccc(C(F)(F)F)cc2)nn(-c2cccc(F)c2)c1=O)C(C)(C)O. The van der Waals surface area contributed by atoms with Gasteiger partial charge in [0.2, 0.25) is 0 Å². The Hall–Kier alpha value is -3.53. The molecule has 1 atom stereocenters. The third kappa shape index (κ3) is 5.46. The smallest absolute Gasteiger partial charge is 0.388 e. The van der Waals surface area contributed by atoms with E-state index >= 15 is 0 Å². The van der Waals surface area contributed by atoms with Crippen molar-refractivity contribution in [2.45, 2.75) is 38.6 Å². The van der Waals surface area contributed by atoms with Crippen LogP contribution in [0.15, 0.2) is 59.4 Å². The fourth-order valence-corrected chi connectivity index (χ4v) is 2.86. The Balaban J connectivity index is 2.16. The number of nitrogens with one attached hydrogen (secondary N) is 1. The molecule has 1 amide bonds. The van der Waals surface area contributed by atoms with Gasteiger partial charge in [-0.3, -0.25) is 9.59 Å². The molecule has 33 heavy (non-hydrogen) atoms. The minimum atomic E-state index is -4.54. The van der Waals surface area contributed by atoms with Crippen LogP contribution >= 0.6 is 0 Å². The van der Waals surface area contributed by atoms with Gasteiger partial charge in [-0.2, -0.15) is 23.0 Å². The number of carbonyl (C=O) groups is 1. The summed E-state index contributed by atoms with van der Waals surface area (Å²) >= 11 is 0. The summed E-state index contributed by atoms with van der Waals surface area (Å²) < 4.78 is 53.3. The number of hydrogen-bond acceptors (Lipinski definition) is 4. The van der Waals surface area contributed by atoms with Crippen LogP contribution in [-0.4, -0.2) is 32.4 Å². The third-order valence-electron chi connectivity index (χ3n) is 5.12. The highest BCUT2D eigenvalue weighted by molar-refractivity contribution is 5.95. The Morgan fingerprint density at radius 3 is 2.27 bits per heavy atom. The molecule has 0 spiro atoms. The zero-order valence-electron chi connectivity index (χ0n) is 17.9. The van der Waals surface area contributed by atoms with E-state index in [1.165, 1.54) is 26.0 Å².